The second-order valence-corrected chi connectivity index (χ2v) is 5.02. The van der Waals surface area contributed by atoms with Crippen molar-refractivity contribution < 1.29 is 4.74 Å². The number of benzene rings is 2. The minimum Gasteiger partial charge on any atom is -0.493 e. The molecule has 2 aromatic carbocycles. The van der Waals surface area contributed by atoms with Crippen LogP contribution in [0.3, 0.4) is 0 Å². The van der Waals surface area contributed by atoms with Gasteiger partial charge in [-0.25, -0.2) is 0 Å². The summed E-state index contributed by atoms with van der Waals surface area (Å²) in [5, 5.41) is 8.82. The lowest BCUT2D eigenvalue weighted by Crippen LogP contribution is -2.35. The van der Waals surface area contributed by atoms with Gasteiger partial charge in [-0.05, 0) is 30.2 Å². The summed E-state index contributed by atoms with van der Waals surface area (Å²) in [6.07, 6.45) is 0.504. The summed E-state index contributed by atoms with van der Waals surface area (Å²) in [5.74, 6) is 0.790. The zero-order chi connectivity index (χ0) is 14.4. The van der Waals surface area contributed by atoms with Crippen molar-refractivity contribution in [3.8, 4) is 22.9 Å². The van der Waals surface area contributed by atoms with Crippen LogP contribution in [0.2, 0.25) is 0 Å². The number of nitrogens with two attached hydrogens (primary N) is 1. The van der Waals surface area contributed by atoms with Crippen LogP contribution in [0.1, 0.15) is 13.3 Å². The predicted molar refractivity (Wildman–Crippen MR) is 80.2 cm³/mol. The molecule has 0 bridgehead atoms. The Hall–Kier alpha value is -2.31. The zero-order valence-electron chi connectivity index (χ0n) is 11.5. The fourth-order valence-corrected chi connectivity index (χ4v) is 1.81. The molecule has 0 saturated heterocycles. The largest absolute Gasteiger partial charge is 0.493 e. The standard InChI is InChI=1S/C17H18N2O/c1-17(19,13-18)11-12-20-16-9-7-15(8-10-16)14-5-3-2-4-6-14/h2-10H,11-12,19H2,1H3. The maximum atomic E-state index is 8.82. The highest BCUT2D eigenvalue weighted by Gasteiger charge is 2.16. The van der Waals surface area contributed by atoms with Crippen molar-refractivity contribution in [1.29, 1.82) is 5.26 Å². The highest BCUT2D eigenvalue weighted by Crippen LogP contribution is 2.22. The van der Waals surface area contributed by atoms with Gasteiger partial charge in [0.1, 0.15) is 11.3 Å². The molecule has 3 heteroatoms. The van der Waals surface area contributed by atoms with E-state index in [-0.39, 0.29) is 0 Å². The third-order valence-corrected chi connectivity index (χ3v) is 3.11. The smallest absolute Gasteiger partial charge is 0.119 e. The van der Waals surface area contributed by atoms with E-state index in [9.17, 15) is 0 Å². The van der Waals surface area contributed by atoms with E-state index in [0.717, 1.165) is 11.3 Å². The highest BCUT2D eigenvalue weighted by molar-refractivity contribution is 5.63. The molecule has 0 aliphatic rings. The maximum Gasteiger partial charge on any atom is 0.119 e. The maximum absolute atomic E-state index is 8.82. The molecule has 2 N–H and O–H groups in total. The monoisotopic (exact) mass is 266 g/mol. The summed E-state index contributed by atoms with van der Waals surface area (Å²) >= 11 is 0. The Bertz CT molecular complexity index is 583. The molecule has 2 rings (SSSR count). The number of nitriles is 1. The quantitative estimate of drug-likeness (QED) is 0.902. The van der Waals surface area contributed by atoms with E-state index >= 15 is 0 Å². The molecule has 2 aromatic rings. The Kier molecular flexibility index (Phi) is 4.39. The van der Waals surface area contributed by atoms with Crippen LogP contribution in [-0.4, -0.2) is 12.1 Å². The first-order valence-electron chi connectivity index (χ1n) is 6.59. The Labute approximate surface area is 119 Å². The van der Waals surface area contributed by atoms with E-state index < -0.39 is 5.54 Å². The second-order valence-electron chi connectivity index (χ2n) is 5.02. The van der Waals surface area contributed by atoms with Gasteiger partial charge < -0.3 is 10.5 Å². The van der Waals surface area contributed by atoms with E-state index in [0.29, 0.717) is 13.0 Å². The van der Waals surface area contributed by atoms with Crippen molar-refractivity contribution >= 4 is 0 Å². The molecule has 3 nitrogen and oxygen atoms in total. The third-order valence-electron chi connectivity index (χ3n) is 3.11. The van der Waals surface area contributed by atoms with Crippen molar-refractivity contribution in [3.05, 3.63) is 54.6 Å². The lowest BCUT2D eigenvalue weighted by molar-refractivity contribution is 0.286. The van der Waals surface area contributed by atoms with Gasteiger partial charge in [-0.15, -0.1) is 0 Å². The zero-order valence-corrected chi connectivity index (χ0v) is 11.5. The van der Waals surface area contributed by atoms with E-state index in [1.165, 1.54) is 5.56 Å². The number of ether oxygens (including phenoxy) is 1. The van der Waals surface area contributed by atoms with Gasteiger partial charge in [-0.2, -0.15) is 5.26 Å². The summed E-state index contributed by atoms with van der Waals surface area (Å²) in [6, 6.07) is 20.2. The normalized spacial score (nSPS) is 13.2. The Morgan fingerprint density at radius 2 is 1.65 bits per heavy atom. The molecule has 0 aliphatic heterocycles. The van der Waals surface area contributed by atoms with Crippen molar-refractivity contribution in [3.63, 3.8) is 0 Å². The predicted octanol–water partition coefficient (Wildman–Crippen LogP) is 3.36. The van der Waals surface area contributed by atoms with Crippen molar-refractivity contribution in [2.45, 2.75) is 18.9 Å². The minimum atomic E-state index is -0.829. The Morgan fingerprint density at radius 1 is 1.05 bits per heavy atom. The molecule has 102 valence electrons. The van der Waals surface area contributed by atoms with Gasteiger partial charge >= 0.3 is 0 Å². The summed E-state index contributed by atoms with van der Waals surface area (Å²) in [5.41, 5.74) is 7.24. The molecule has 0 fully saturated rings. The van der Waals surface area contributed by atoms with Crippen LogP contribution in [-0.2, 0) is 0 Å². The molecule has 1 unspecified atom stereocenters. The van der Waals surface area contributed by atoms with Gasteiger partial charge in [-0.1, -0.05) is 42.5 Å². The summed E-state index contributed by atoms with van der Waals surface area (Å²) in [4.78, 5) is 0. The van der Waals surface area contributed by atoms with E-state index in [4.69, 9.17) is 15.7 Å². The number of rotatable bonds is 5. The molecule has 20 heavy (non-hydrogen) atoms. The van der Waals surface area contributed by atoms with Crippen molar-refractivity contribution in [2.24, 2.45) is 5.73 Å². The fraction of sp³-hybridized carbons (Fsp3) is 0.235. The van der Waals surface area contributed by atoms with Gasteiger partial charge in [0.25, 0.3) is 0 Å². The van der Waals surface area contributed by atoms with E-state index in [1.807, 2.05) is 42.5 Å². The lowest BCUT2D eigenvalue weighted by atomic mass is 10.0. The summed E-state index contributed by atoms with van der Waals surface area (Å²) in [6.45, 7) is 2.14. The van der Waals surface area contributed by atoms with Crippen LogP contribution in [0.25, 0.3) is 11.1 Å². The van der Waals surface area contributed by atoms with Crippen LogP contribution in [0, 0.1) is 11.3 Å². The van der Waals surface area contributed by atoms with Gasteiger partial charge in [-0.3, -0.25) is 0 Å². The van der Waals surface area contributed by atoms with Crippen LogP contribution in [0.5, 0.6) is 5.75 Å². The molecule has 1 atom stereocenters. The number of hydrogen-bond donors (Lipinski definition) is 1. The fourth-order valence-electron chi connectivity index (χ4n) is 1.81. The first kappa shape index (κ1) is 14.1. The van der Waals surface area contributed by atoms with Crippen molar-refractivity contribution in [2.75, 3.05) is 6.61 Å². The van der Waals surface area contributed by atoms with Crippen molar-refractivity contribution in [1.82, 2.24) is 0 Å². The number of hydrogen-bond acceptors (Lipinski definition) is 3. The average molecular weight is 266 g/mol. The van der Waals surface area contributed by atoms with Crippen LogP contribution < -0.4 is 10.5 Å². The molecular weight excluding hydrogens is 248 g/mol. The molecule has 0 radical (unpaired) electrons. The summed E-state index contributed by atoms with van der Waals surface area (Å²) in [7, 11) is 0. The SMILES string of the molecule is CC(N)(C#N)CCOc1ccc(-c2ccccc2)cc1. The second kappa shape index (κ2) is 6.23. The first-order valence-corrected chi connectivity index (χ1v) is 6.59. The minimum absolute atomic E-state index is 0.436. The molecule has 0 saturated carbocycles. The van der Waals surface area contributed by atoms with Gasteiger partial charge in [0.05, 0.1) is 12.7 Å². The van der Waals surface area contributed by atoms with Crippen LogP contribution >= 0.6 is 0 Å². The first-order chi connectivity index (χ1) is 9.61. The Morgan fingerprint density at radius 3 is 2.25 bits per heavy atom. The van der Waals surface area contributed by atoms with Crippen LogP contribution in [0.15, 0.2) is 54.6 Å². The van der Waals surface area contributed by atoms with E-state index in [1.54, 1.807) is 6.92 Å². The van der Waals surface area contributed by atoms with Gasteiger partial charge in [0.15, 0.2) is 0 Å². The highest BCUT2D eigenvalue weighted by atomic mass is 16.5. The third kappa shape index (κ3) is 3.84. The molecular formula is C17H18N2O. The summed E-state index contributed by atoms with van der Waals surface area (Å²) < 4.78 is 5.60. The molecule has 0 heterocycles. The topological polar surface area (TPSA) is 59.0 Å². The molecule has 0 aliphatic carbocycles. The number of nitrogens with zero attached hydrogens (tertiary/aromatic N) is 1. The van der Waals surface area contributed by atoms with Gasteiger partial charge in [0.2, 0.25) is 0 Å². The molecule has 0 spiro atoms. The van der Waals surface area contributed by atoms with E-state index in [2.05, 4.69) is 18.2 Å². The molecule has 0 aromatic heterocycles. The van der Waals surface area contributed by atoms with Crippen LogP contribution in [0.4, 0.5) is 0 Å². The Balaban J connectivity index is 1.95. The lowest BCUT2D eigenvalue weighted by Gasteiger charge is -2.15. The van der Waals surface area contributed by atoms with Gasteiger partial charge in [0, 0.05) is 6.42 Å². The average Bonchev–Trinajstić information content (AvgIpc) is 2.49. The molecule has 0 amide bonds.